The summed E-state index contributed by atoms with van der Waals surface area (Å²) in [5.41, 5.74) is 5.59. The Morgan fingerprint density at radius 1 is 0.897 bits per heavy atom. The molecule has 4 aromatic carbocycles. The van der Waals surface area contributed by atoms with E-state index in [0.717, 1.165) is 76.8 Å². The molecule has 2 saturated carbocycles. The number of hydrogen-bond donors (Lipinski definition) is 4. The van der Waals surface area contributed by atoms with Gasteiger partial charge in [0.05, 0.1) is 22.6 Å². The Kier molecular flexibility index (Phi) is 14.7. The molecule has 5 N–H and O–H groups in total. The smallest absolute Gasteiger partial charge is 0.329 e. The van der Waals surface area contributed by atoms with Gasteiger partial charge in [0.2, 0.25) is 17.7 Å². The van der Waals surface area contributed by atoms with Gasteiger partial charge in [-0.25, -0.2) is 22.4 Å². The number of aliphatic hydroxyl groups excluding tert-OH is 1. The van der Waals surface area contributed by atoms with E-state index in [9.17, 15) is 24.3 Å². The first-order valence-electron chi connectivity index (χ1n) is 27.4. The predicted octanol–water partition coefficient (Wildman–Crippen LogP) is 8.80. The molecule has 2 aliphatic carbocycles. The number of aliphatic hydroxyl groups is 1. The van der Waals surface area contributed by atoms with Gasteiger partial charge < -0.3 is 35.4 Å². The van der Waals surface area contributed by atoms with Gasteiger partial charge in [0.1, 0.15) is 29.5 Å². The van der Waals surface area contributed by atoms with Crippen LogP contribution in [0.2, 0.25) is 5.02 Å². The topological polar surface area (TPSA) is 185 Å². The van der Waals surface area contributed by atoms with Crippen LogP contribution in [0, 0.1) is 40.5 Å². The first-order valence-corrected chi connectivity index (χ1v) is 27.7. The summed E-state index contributed by atoms with van der Waals surface area (Å²) in [7, 11) is 1.57. The van der Waals surface area contributed by atoms with Crippen molar-refractivity contribution >= 4 is 52.1 Å². The fourth-order valence-electron chi connectivity index (χ4n) is 13.7. The normalized spacial score (nSPS) is 23.8. The van der Waals surface area contributed by atoms with Crippen LogP contribution in [-0.2, 0) is 22.2 Å². The molecule has 5 fully saturated rings. The molecule has 5 amide bonds. The molecule has 0 radical (unpaired) electrons. The maximum absolute atomic E-state index is 16.5. The van der Waals surface area contributed by atoms with E-state index < -0.39 is 64.3 Å². The van der Waals surface area contributed by atoms with E-state index in [4.69, 9.17) is 26.8 Å². The minimum Gasteiger partial charge on any atom is -0.488 e. The Bertz CT molecular complexity index is 3170. The van der Waals surface area contributed by atoms with Crippen LogP contribution in [0.15, 0.2) is 54.6 Å². The van der Waals surface area contributed by atoms with Gasteiger partial charge in [0, 0.05) is 92.4 Å². The highest BCUT2D eigenvalue weighted by Crippen LogP contribution is 2.58. The number of halogens is 5. The van der Waals surface area contributed by atoms with Crippen molar-refractivity contribution < 1.29 is 51.3 Å². The van der Waals surface area contributed by atoms with E-state index in [1.54, 1.807) is 7.05 Å². The predicted molar refractivity (Wildman–Crippen MR) is 284 cm³/mol. The molecule has 5 aromatic rings. The van der Waals surface area contributed by atoms with Gasteiger partial charge in [-0.05, 0) is 118 Å². The number of aryl methyl sites for hydroxylation is 1. The quantitative estimate of drug-likeness (QED) is 0.0739. The molecule has 1 aromatic heterocycles. The number of nitrogens with two attached hydrogens (primary N) is 1. The highest BCUT2D eigenvalue weighted by atomic mass is 35.5. The summed E-state index contributed by atoms with van der Waals surface area (Å²) in [5.74, 6) is -4.82. The van der Waals surface area contributed by atoms with Gasteiger partial charge >= 0.3 is 6.03 Å². The average Bonchev–Trinajstić information content (AvgIpc) is 4.29. The summed E-state index contributed by atoms with van der Waals surface area (Å²) >= 11 is 6.73. The molecule has 20 heteroatoms. The highest BCUT2D eigenvalue weighted by Gasteiger charge is 2.52. The maximum atomic E-state index is 16.5. The molecular formula is C58H65ClF4N8O7. The third-order valence-electron chi connectivity index (χ3n) is 18.1. The molecule has 0 unspecified atom stereocenters. The molecule has 78 heavy (non-hydrogen) atoms. The number of aromatic nitrogens is 2. The number of carbonyl (C=O) groups is 4. The minimum absolute atomic E-state index is 0.0416. The number of fused-ring (bicyclic) bond motifs is 2. The van der Waals surface area contributed by atoms with E-state index in [0.29, 0.717) is 37.2 Å². The van der Waals surface area contributed by atoms with Crippen molar-refractivity contribution in [2.75, 3.05) is 63.9 Å². The highest BCUT2D eigenvalue weighted by molar-refractivity contribution is 6.34. The Labute approximate surface area is 454 Å². The number of likely N-dealkylation sites (tertiary alicyclic amines) is 2. The second-order valence-electron chi connectivity index (χ2n) is 22.4. The van der Waals surface area contributed by atoms with Crippen LogP contribution in [0.3, 0.4) is 0 Å². The number of hydrogen-bond acceptors (Lipinski definition) is 10. The summed E-state index contributed by atoms with van der Waals surface area (Å²) in [6.45, 7) is 5.44. The number of ether oxygens (including phenoxy) is 2. The number of primary amides is 1. The van der Waals surface area contributed by atoms with Crippen LogP contribution in [0.25, 0.3) is 22.0 Å². The second-order valence-corrected chi connectivity index (χ2v) is 22.8. The number of nitrogens with one attached hydrogen (secondary N) is 2. The van der Waals surface area contributed by atoms with Crippen molar-refractivity contribution in [3.63, 3.8) is 0 Å². The van der Waals surface area contributed by atoms with Crippen molar-refractivity contribution in [1.29, 1.82) is 0 Å². The summed E-state index contributed by atoms with van der Waals surface area (Å²) in [5, 5.41) is 19.5. The summed E-state index contributed by atoms with van der Waals surface area (Å²) in [6, 6.07) is 13.9. The van der Waals surface area contributed by atoms with E-state index in [1.807, 2.05) is 37.3 Å². The van der Waals surface area contributed by atoms with Gasteiger partial charge in [-0.3, -0.25) is 29.3 Å². The molecule has 4 aliphatic heterocycles. The molecule has 414 valence electrons. The van der Waals surface area contributed by atoms with Crippen LogP contribution in [-0.4, -0.2) is 114 Å². The molecule has 2 atom stereocenters. The lowest BCUT2D eigenvalue weighted by molar-refractivity contribution is -0.138. The number of amides is 5. The van der Waals surface area contributed by atoms with Crippen molar-refractivity contribution in [3.05, 3.63) is 105 Å². The fraction of sp³-hybridized carbons (Fsp3) is 0.500. The van der Waals surface area contributed by atoms with E-state index in [2.05, 4.69) is 25.5 Å². The molecule has 3 saturated heterocycles. The Hall–Kier alpha value is -6.28. The third kappa shape index (κ3) is 9.65. The molecule has 11 rings (SSSR count). The zero-order chi connectivity index (χ0) is 54.8. The van der Waals surface area contributed by atoms with E-state index in [1.165, 1.54) is 33.8 Å². The fourth-order valence-corrected chi connectivity index (χ4v) is 13.9. The van der Waals surface area contributed by atoms with Gasteiger partial charge in [-0.2, -0.15) is 5.10 Å². The monoisotopic (exact) mass is 1100 g/mol. The molecule has 6 aliphatic rings. The zero-order valence-corrected chi connectivity index (χ0v) is 44.6. The first kappa shape index (κ1) is 53.7. The third-order valence-corrected chi connectivity index (χ3v) is 18.4. The van der Waals surface area contributed by atoms with Gasteiger partial charge in [-0.15, -0.1) is 0 Å². The lowest BCUT2D eigenvalue weighted by Gasteiger charge is -2.42. The Morgan fingerprint density at radius 3 is 2.28 bits per heavy atom. The van der Waals surface area contributed by atoms with Crippen LogP contribution in [0.1, 0.15) is 116 Å². The lowest BCUT2D eigenvalue weighted by Crippen LogP contribution is -2.49. The van der Waals surface area contributed by atoms with E-state index >= 15 is 17.6 Å². The van der Waals surface area contributed by atoms with Crippen LogP contribution in [0.5, 0.6) is 11.5 Å². The number of urea groups is 1. The van der Waals surface area contributed by atoms with Crippen LogP contribution < -0.4 is 30.7 Å². The second kappa shape index (κ2) is 21.4. The summed E-state index contributed by atoms with van der Waals surface area (Å²) in [6.07, 6.45) is 8.35. The largest absolute Gasteiger partial charge is 0.488 e. The number of piperidine rings is 2. The maximum Gasteiger partial charge on any atom is 0.329 e. The average molecular weight is 1100 g/mol. The van der Waals surface area contributed by atoms with Crippen molar-refractivity contribution in [3.8, 4) is 22.6 Å². The minimum atomic E-state index is -1.13. The molecule has 5 heterocycles. The van der Waals surface area contributed by atoms with Gasteiger partial charge in [-0.1, -0.05) is 48.9 Å². The van der Waals surface area contributed by atoms with Crippen molar-refractivity contribution in [2.24, 2.45) is 30.0 Å². The van der Waals surface area contributed by atoms with Crippen LogP contribution in [0.4, 0.5) is 28.2 Å². The molecule has 0 spiro atoms. The Morgan fingerprint density at radius 2 is 1.62 bits per heavy atom. The first-order chi connectivity index (χ1) is 37.5. The summed E-state index contributed by atoms with van der Waals surface area (Å²) < 4.78 is 78.3. The SMILES string of the molecule is C[C@H]1c2c(cc(F)c(Cl)c2-c2c(C(N)=O)ccc(OCCO)c2F)O[C@]1(CNC1CCC(C(=O)N2CCC(C3(CN4CCC(c5c(F)cc6c(N7CCC(=O)NC7=O)nn(C)c6c5F)CC4)CC3)CC2)CC1)c1ccccc1. The standard InChI is InChI=1S/C58H65ClF4N8O7/c1-32-45-43(29-41(61)49(59)48(45)47-38(53(64)74)12-13-42(50(47)62)77-27-26-72)78-58(32,36-6-4-3-5-7-36)30-65-37-10-8-34(9-11-37)55(75)70-23-16-35(17-24-70)57(19-20-57)31-69-21-14-33(15-22-69)46-40(60)28-39-52(51(46)63)68(2)67-54(39)71-25-18-44(73)66-56(71)76/h3-7,12-13,28-29,32-35,37,65,72H,8-11,14-27,30-31H2,1-2H3,(H2,64,74)(H,66,73,76)/t32-,34?,37?,58-/m0/s1. The van der Waals surface area contributed by atoms with Crippen molar-refractivity contribution in [1.82, 2.24) is 30.2 Å². The Balaban J connectivity index is 0.695. The number of anilines is 1. The van der Waals surface area contributed by atoms with Crippen molar-refractivity contribution in [2.45, 2.75) is 101 Å². The number of benzene rings is 4. The van der Waals surface area contributed by atoms with Gasteiger partial charge in [0.25, 0.3) is 0 Å². The number of rotatable bonds is 15. The number of imide groups is 1. The zero-order valence-electron chi connectivity index (χ0n) is 43.8. The number of nitrogens with zero attached hydrogens (tertiary/aromatic N) is 5. The molecular weight excluding hydrogens is 1030 g/mol. The number of carbonyl (C=O) groups excluding carboxylic acids is 4. The molecule has 15 nitrogen and oxygen atoms in total. The summed E-state index contributed by atoms with van der Waals surface area (Å²) in [4.78, 5) is 57.0. The van der Waals surface area contributed by atoms with E-state index in [-0.39, 0.29) is 106 Å². The van der Waals surface area contributed by atoms with Gasteiger partial charge in [0.15, 0.2) is 28.8 Å². The lowest BCUT2D eigenvalue weighted by atomic mass is 9.77. The van der Waals surface area contributed by atoms with Crippen LogP contribution >= 0.6 is 11.6 Å². The molecule has 0 bridgehead atoms.